The highest BCUT2D eigenvalue weighted by Gasteiger charge is 2.39. The first kappa shape index (κ1) is 36.5. The number of carbonyl (C=O) groups is 4. The van der Waals surface area contributed by atoms with E-state index in [1.54, 1.807) is 56.9 Å². The summed E-state index contributed by atoms with van der Waals surface area (Å²) in [5.41, 5.74) is 0.447. The summed E-state index contributed by atoms with van der Waals surface area (Å²) in [7, 11) is 0. The minimum Gasteiger partial charge on any atom is -0.466 e. The van der Waals surface area contributed by atoms with Gasteiger partial charge in [0.2, 0.25) is 11.8 Å². The van der Waals surface area contributed by atoms with Crippen molar-refractivity contribution in [3.63, 3.8) is 0 Å². The van der Waals surface area contributed by atoms with Crippen LogP contribution in [0.4, 0.5) is 4.79 Å². The maximum Gasteiger partial charge on any atom is 0.408 e. The Morgan fingerprint density at radius 2 is 1.60 bits per heavy atom. The van der Waals surface area contributed by atoms with Crippen LogP contribution in [0, 0.1) is 24.2 Å². The predicted molar refractivity (Wildman–Crippen MR) is 164 cm³/mol. The van der Waals surface area contributed by atoms with Crippen LogP contribution in [0.25, 0.3) is 0 Å². The van der Waals surface area contributed by atoms with Crippen LogP contribution in [0.1, 0.15) is 105 Å². The molecule has 0 saturated carbocycles. The normalized spacial score (nSPS) is 13.5. The minimum atomic E-state index is -1.04. The zero-order chi connectivity index (χ0) is 32.0. The van der Waals surface area contributed by atoms with E-state index in [1.807, 2.05) is 20.8 Å². The Bertz CT molecular complexity index is 1070. The number of esters is 1. The largest absolute Gasteiger partial charge is 0.466 e. The first-order chi connectivity index (χ1) is 19.6. The summed E-state index contributed by atoms with van der Waals surface area (Å²) in [5, 5.41) is 5.59. The number of ether oxygens (including phenoxy) is 2. The fourth-order valence-electron chi connectivity index (χ4n) is 4.45. The van der Waals surface area contributed by atoms with Gasteiger partial charge in [0.05, 0.1) is 13.0 Å². The molecule has 0 saturated heterocycles. The Balaban J connectivity index is 3.60. The standard InChI is InChI=1S/C33H51N3O6/c1-11-25-15-17-26(18-16-25)29(30(38)34-20-19-28(37)41-12-2)36(24(7)14-13-22(3)4)31(39)27(21-23(5)6)35-32(40)42-33(8,9)10/h1,15-18,22-24,27,29H,12-14,19-21H2,2-10H3,(H,34,38)(H,35,40). The first-order valence-electron chi connectivity index (χ1n) is 14.9. The van der Waals surface area contributed by atoms with Gasteiger partial charge in [-0.1, -0.05) is 45.7 Å². The van der Waals surface area contributed by atoms with Crippen molar-refractivity contribution in [2.45, 2.75) is 112 Å². The highest BCUT2D eigenvalue weighted by atomic mass is 16.6. The average molecular weight is 586 g/mol. The minimum absolute atomic E-state index is 0.00461. The van der Waals surface area contributed by atoms with Crippen molar-refractivity contribution in [1.29, 1.82) is 0 Å². The molecule has 9 heteroatoms. The molecule has 0 aliphatic rings. The van der Waals surface area contributed by atoms with Gasteiger partial charge in [0, 0.05) is 18.2 Å². The van der Waals surface area contributed by atoms with E-state index in [0.29, 0.717) is 29.9 Å². The van der Waals surface area contributed by atoms with E-state index in [-0.39, 0.29) is 31.5 Å². The van der Waals surface area contributed by atoms with Gasteiger partial charge in [-0.25, -0.2) is 4.79 Å². The molecule has 0 bridgehead atoms. The van der Waals surface area contributed by atoms with E-state index in [2.05, 4.69) is 30.4 Å². The number of nitrogens with zero attached hydrogens (tertiary/aromatic N) is 1. The summed E-state index contributed by atoms with van der Waals surface area (Å²) in [5.74, 6) is 1.75. The lowest BCUT2D eigenvalue weighted by molar-refractivity contribution is -0.146. The van der Waals surface area contributed by atoms with Gasteiger partial charge in [-0.3, -0.25) is 14.4 Å². The molecule has 1 aromatic carbocycles. The third kappa shape index (κ3) is 13.0. The van der Waals surface area contributed by atoms with E-state index in [1.165, 1.54) is 0 Å². The molecule has 1 rings (SSSR count). The second-order valence-corrected chi connectivity index (χ2v) is 12.4. The number of carbonyl (C=O) groups excluding carboxylic acids is 4. The SMILES string of the molecule is C#Cc1ccc(C(C(=O)NCCC(=O)OCC)N(C(=O)C(CC(C)C)NC(=O)OC(C)(C)C)C(C)CCC(C)C)cc1. The number of benzene rings is 1. The third-order valence-electron chi connectivity index (χ3n) is 6.44. The molecule has 0 aliphatic carbocycles. The third-order valence-corrected chi connectivity index (χ3v) is 6.44. The van der Waals surface area contributed by atoms with Crippen molar-refractivity contribution in [3.05, 3.63) is 35.4 Å². The maximum absolute atomic E-state index is 14.4. The molecule has 42 heavy (non-hydrogen) atoms. The van der Waals surface area contributed by atoms with E-state index in [0.717, 1.165) is 6.42 Å². The predicted octanol–water partition coefficient (Wildman–Crippen LogP) is 5.37. The molecule has 234 valence electrons. The fraction of sp³-hybridized carbons (Fsp3) is 0.636. The highest BCUT2D eigenvalue weighted by molar-refractivity contribution is 5.92. The van der Waals surface area contributed by atoms with Gasteiger partial charge in [0.25, 0.3) is 0 Å². The number of hydrogen-bond donors (Lipinski definition) is 2. The number of amides is 3. The van der Waals surface area contributed by atoms with E-state index < -0.39 is 41.6 Å². The molecule has 2 N–H and O–H groups in total. The topological polar surface area (TPSA) is 114 Å². The highest BCUT2D eigenvalue weighted by Crippen LogP contribution is 2.29. The van der Waals surface area contributed by atoms with Gasteiger partial charge >= 0.3 is 12.1 Å². The van der Waals surface area contributed by atoms with Crippen LogP contribution < -0.4 is 10.6 Å². The molecule has 3 amide bonds. The average Bonchev–Trinajstić information content (AvgIpc) is 2.88. The summed E-state index contributed by atoms with van der Waals surface area (Å²) in [6, 6.07) is 4.59. The number of alkyl carbamates (subject to hydrolysis) is 1. The number of nitrogens with one attached hydrogen (secondary N) is 2. The zero-order valence-electron chi connectivity index (χ0n) is 26.9. The zero-order valence-corrected chi connectivity index (χ0v) is 26.9. The number of hydrogen-bond acceptors (Lipinski definition) is 6. The van der Waals surface area contributed by atoms with E-state index >= 15 is 0 Å². The van der Waals surface area contributed by atoms with Crippen LogP contribution in [0.3, 0.4) is 0 Å². The Hall–Kier alpha value is -3.54. The van der Waals surface area contributed by atoms with Crippen molar-refractivity contribution in [3.8, 4) is 12.3 Å². The van der Waals surface area contributed by atoms with E-state index in [4.69, 9.17) is 15.9 Å². The van der Waals surface area contributed by atoms with E-state index in [9.17, 15) is 19.2 Å². The van der Waals surface area contributed by atoms with Crippen LogP contribution in [0.2, 0.25) is 0 Å². The lowest BCUT2D eigenvalue weighted by atomic mass is 9.95. The molecule has 3 atom stereocenters. The summed E-state index contributed by atoms with van der Waals surface area (Å²) < 4.78 is 10.5. The quantitative estimate of drug-likeness (QED) is 0.211. The van der Waals surface area contributed by atoms with Crippen LogP contribution in [0.15, 0.2) is 24.3 Å². The molecule has 3 unspecified atom stereocenters. The Morgan fingerprint density at radius 3 is 2.10 bits per heavy atom. The molecule has 0 spiro atoms. The van der Waals surface area contributed by atoms with Crippen molar-refractivity contribution >= 4 is 23.9 Å². The molecule has 9 nitrogen and oxygen atoms in total. The molecule has 0 aromatic heterocycles. The van der Waals surface area contributed by atoms with Crippen LogP contribution in [-0.4, -0.2) is 59.6 Å². The van der Waals surface area contributed by atoms with Crippen LogP contribution >= 0.6 is 0 Å². The van der Waals surface area contributed by atoms with Gasteiger partial charge in [-0.15, -0.1) is 6.42 Å². The fourth-order valence-corrected chi connectivity index (χ4v) is 4.45. The van der Waals surface area contributed by atoms with Gasteiger partial charge in [-0.2, -0.15) is 0 Å². The Morgan fingerprint density at radius 1 is 0.976 bits per heavy atom. The summed E-state index contributed by atoms with van der Waals surface area (Å²) >= 11 is 0. The smallest absolute Gasteiger partial charge is 0.408 e. The molecule has 0 radical (unpaired) electrons. The van der Waals surface area contributed by atoms with Crippen molar-refractivity contribution in [2.75, 3.05) is 13.2 Å². The van der Waals surface area contributed by atoms with Gasteiger partial charge in [-0.05, 0) is 83.4 Å². The molecule has 1 aromatic rings. The van der Waals surface area contributed by atoms with Gasteiger partial charge < -0.3 is 25.0 Å². The van der Waals surface area contributed by atoms with Crippen molar-refractivity contribution in [1.82, 2.24) is 15.5 Å². The number of rotatable bonds is 15. The first-order valence-corrected chi connectivity index (χ1v) is 14.9. The van der Waals surface area contributed by atoms with Crippen molar-refractivity contribution in [2.24, 2.45) is 11.8 Å². The molecule has 0 heterocycles. The summed E-state index contributed by atoms with van der Waals surface area (Å²) in [6.07, 6.45) is 6.67. The molecule has 0 fully saturated rings. The van der Waals surface area contributed by atoms with Gasteiger partial charge in [0.1, 0.15) is 17.7 Å². The molecular formula is C33H51N3O6. The second kappa shape index (κ2) is 17.4. The summed E-state index contributed by atoms with van der Waals surface area (Å²) in [4.78, 5) is 54.6. The molecular weight excluding hydrogens is 534 g/mol. The summed E-state index contributed by atoms with van der Waals surface area (Å²) in [6.45, 7) is 17.3. The van der Waals surface area contributed by atoms with Crippen molar-refractivity contribution < 1.29 is 28.7 Å². The number of terminal acetylenes is 1. The Kier molecular flexibility index (Phi) is 15.1. The van der Waals surface area contributed by atoms with Crippen LogP contribution in [-0.2, 0) is 23.9 Å². The maximum atomic E-state index is 14.4. The van der Waals surface area contributed by atoms with Crippen LogP contribution in [0.5, 0.6) is 0 Å². The molecule has 0 aliphatic heterocycles. The Labute approximate surface area is 252 Å². The lowest BCUT2D eigenvalue weighted by Gasteiger charge is -2.39. The lowest BCUT2D eigenvalue weighted by Crippen LogP contribution is -2.56. The monoisotopic (exact) mass is 585 g/mol. The van der Waals surface area contributed by atoms with Gasteiger partial charge in [0.15, 0.2) is 0 Å². The second-order valence-electron chi connectivity index (χ2n) is 12.4.